The lowest BCUT2D eigenvalue weighted by molar-refractivity contribution is -0.0931. The summed E-state index contributed by atoms with van der Waals surface area (Å²) >= 11 is 2.18. The molecule has 1 aliphatic carbocycles. The Morgan fingerprint density at radius 2 is 1.57 bits per heavy atom. The Balaban J connectivity index is 2.06. The van der Waals surface area contributed by atoms with Crippen molar-refractivity contribution in [3.63, 3.8) is 0 Å². The second-order valence-electron chi connectivity index (χ2n) is 6.20. The molecule has 0 bridgehead atoms. The molecule has 1 saturated carbocycles. The topological polar surface area (TPSA) is 0 Å². The number of hydrogen-bond donors (Lipinski definition) is 0. The van der Waals surface area contributed by atoms with Gasteiger partial charge in [-0.1, -0.05) is 27.7 Å². The molecule has 0 unspecified atom stereocenters. The van der Waals surface area contributed by atoms with E-state index in [0.29, 0.717) is 5.41 Å². The van der Waals surface area contributed by atoms with E-state index in [1.54, 1.807) is 0 Å². The van der Waals surface area contributed by atoms with Gasteiger partial charge in [0.05, 0.1) is 0 Å². The summed E-state index contributed by atoms with van der Waals surface area (Å²) in [6.07, 6.45) is 4.53. The van der Waals surface area contributed by atoms with Gasteiger partial charge in [0.1, 0.15) is 0 Å². The Bertz CT molecular complexity index is 193. The van der Waals surface area contributed by atoms with Crippen LogP contribution in [0.4, 0.5) is 0 Å². The third kappa shape index (κ3) is 1.43. The van der Waals surface area contributed by atoms with Crippen LogP contribution in [0.3, 0.4) is 0 Å². The minimum atomic E-state index is 0.685. The first kappa shape index (κ1) is 10.9. The zero-order valence-electron chi connectivity index (χ0n) is 10.1. The number of thioether (sulfide) groups is 1. The highest BCUT2D eigenvalue weighted by atomic mass is 32.2. The van der Waals surface area contributed by atoms with Gasteiger partial charge < -0.3 is 0 Å². The van der Waals surface area contributed by atoms with Gasteiger partial charge in [0, 0.05) is 0 Å². The molecule has 1 aliphatic heterocycles. The van der Waals surface area contributed by atoms with Crippen LogP contribution >= 0.6 is 11.8 Å². The molecule has 0 atom stereocenters. The maximum absolute atomic E-state index is 2.43. The van der Waals surface area contributed by atoms with Crippen molar-refractivity contribution in [1.29, 1.82) is 0 Å². The average molecular weight is 212 g/mol. The number of hydrogen-bond acceptors (Lipinski definition) is 1. The summed E-state index contributed by atoms with van der Waals surface area (Å²) in [6, 6.07) is 0. The monoisotopic (exact) mass is 212 g/mol. The first-order valence-electron chi connectivity index (χ1n) is 6.09. The molecule has 0 radical (unpaired) electrons. The van der Waals surface area contributed by atoms with Crippen molar-refractivity contribution in [2.75, 3.05) is 11.5 Å². The average Bonchev–Trinajstić information content (AvgIpc) is 2.46. The molecule has 1 saturated heterocycles. The number of rotatable bonds is 2. The quantitative estimate of drug-likeness (QED) is 0.661. The molecule has 2 rings (SSSR count). The molecule has 82 valence electrons. The molecule has 0 aromatic heterocycles. The van der Waals surface area contributed by atoms with E-state index in [0.717, 1.165) is 17.3 Å². The van der Waals surface area contributed by atoms with Crippen molar-refractivity contribution in [2.24, 2.45) is 22.7 Å². The second kappa shape index (κ2) is 3.43. The summed E-state index contributed by atoms with van der Waals surface area (Å²) in [7, 11) is 0. The molecule has 0 nitrogen and oxygen atoms in total. The molecule has 1 heteroatoms. The molecule has 0 aromatic carbocycles. The van der Waals surface area contributed by atoms with Crippen molar-refractivity contribution in [1.82, 2.24) is 0 Å². The van der Waals surface area contributed by atoms with Gasteiger partial charge in [-0.2, -0.15) is 11.8 Å². The van der Waals surface area contributed by atoms with Crippen LogP contribution in [0.15, 0.2) is 0 Å². The van der Waals surface area contributed by atoms with Crippen LogP contribution in [0.1, 0.15) is 47.0 Å². The zero-order valence-corrected chi connectivity index (χ0v) is 10.9. The van der Waals surface area contributed by atoms with E-state index in [2.05, 4.69) is 39.5 Å². The second-order valence-corrected chi connectivity index (χ2v) is 7.30. The van der Waals surface area contributed by atoms with Crippen molar-refractivity contribution in [3.8, 4) is 0 Å². The predicted octanol–water partition coefficient (Wildman–Crippen LogP) is 4.20. The van der Waals surface area contributed by atoms with E-state index in [9.17, 15) is 0 Å². The Labute approximate surface area is 93.2 Å². The highest BCUT2D eigenvalue weighted by molar-refractivity contribution is 7.99. The smallest absolute Gasteiger partial charge is 0.00101 e. The van der Waals surface area contributed by atoms with E-state index in [-0.39, 0.29) is 0 Å². The lowest BCUT2D eigenvalue weighted by Crippen LogP contribution is -2.52. The maximum atomic E-state index is 2.43. The van der Waals surface area contributed by atoms with Crippen LogP contribution in [0.2, 0.25) is 0 Å². The molecule has 14 heavy (non-hydrogen) atoms. The van der Waals surface area contributed by atoms with E-state index in [1.807, 2.05) is 0 Å². The zero-order chi connectivity index (χ0) is 10.4. The first-order valence-corrected chi connectivity index (χ1v) is 7.24. The molecular formula is C13H24S. The van der Waals surface area contributed by atoms with Crippen LogP contribution in [0.5, 0.6) is 0 Å². The minimum Gasteiger partial charge on any atom is -0.161 e. The van der Waals surface area contributed by atoms with Gasteiger partial charge in [-0.3, -0.25) is 0 Å². The third-order valence-electron chi connectivity index (χ3n) is 4.89. The van der Waals surface area contributed by atoms with Crippen molar-refractivity contribution in [3.05, 3.63) is 0 Å². The van der Waals surface area contributed by atoms with E-state index < -0.39 is 0 Å². The summed E-state index contributed by atoms with van der Waals surface area (Å²) in [6.45, 7) is 9.70. The maximum Gasteiger partial charge on any atom is -0.00101 e. The first-order chi connectivity index (χ1) is 6.51. The molecule has 0 amide bonds. The SMILES string of the molecule is CC(C)C1(C(C)C)CC2(CCSC2)C1. The normalized spacial score (nSPS) is 28.7. The summed E-state index contributed by atoms with van der Waals surface area (Å²) in [5.41, 5.74) is 1.46. The van der Waals surface area contributed by atoms with Crippen LogP contribution in [-0.2, 0) is 0 Å². The van der Waals surface area contributed by atoms with Crippen LogP contribution in [0.25, 0.3) is 0 Å². The minimum absolute atomic E-state index is 0.685. The highest BCUT2D eigenvalue weighted by Gasteiger charge is 2.57. The van der Waals surface area contributed by atoms with E-state index >= 15 is 0 Å². The molecule has 0 aromatic rings. The predicted molar refractivity (Wildman–Crippen MR) is 65.7 cm³/mol. The van der Waals surface area contributed by atoms with Gasteiger partial charge in [-0.05, 0) is 53.4 Å². The van der Waals surface area contributed by atoms with E-state index in [1.165, 1.54) is 30.8 Å². The van der Waals surface area contributed by atoms with Gasteiger partial charge in [0.15, 0.2) is 0 Å². The largest absolute Gasteiger partial charge is 0.161 e. The molecule has 1 spiro atoms. The Hall–Kier alpha value is 0.350. The van der Waals surface area contributed by atoms with E-state index in [4.69, 9.17) is 0 Å². The standard InChI is InChI=1S/C13H24S/c1-10(2)13(11(3)4)7-12(8-13)5-6-14-9-12/h10-11H,5-9H2,1-4H3. The fraction of sp³-hybridized carbons (Fsp3) is 1.00. The molecule has 2 aliphatic rings. The van der Waals surface area contributed by atoms with Crippen LogP contribution < -0.4 is 0 Å². The Morgan fingerprint density at radius 3 is 1.93 bits per heavy atom. The fourth-order valence-electron chi connectivity index (χ4n) is 3.76. The van der Waals surface area contributed by atoms with Gasteiger partial charge in [0.25, 0.3) is 0 Å². The van der Waals surface area contributed by atoms with Crippen LogP contribution in [0, 0.1) is 22.7 Å². The fourth-order valence-corrected chi connectivity index (χ4v) is 5.26. The third-order valence-corrected chi connectivity index (χ3v) is 6.20. The lowest BCUT2D eigenvalue weighted by Gasteiger charge is -2.60. The molecule has 2 fully saturated rings. The molecule has 1 heterocycles. The molecular weight excluding hydrogens is 188 g/mol. The summed E-state index contributed by atoms with van der Waals surface area (Å²) in [4.78, 5) is 0. The van der Waals surface area contributed by atoms with Gasteiger partial charge >= 0.3 is 0 Å². The van der Waals surface area contributed by atoms with Crippen LogP contribution in [-0.4, -0.2) is 11.5 Å². The summed E-state index contributed by atoms with van der Waals surface area (Å²) < 4.78 is 0. The van der Waals surface area contributed by atoms with Crippen molar-refractivity contribution < 1.29 is 0 Å². The summed E-state index contributed by atoms with van der Waals surface area (Å²) in [5, 5.41) is 0. The van der Waals surface area contributed by atoms with Gasteiger partial charge in [-0.15, -0.1) is 0 Å². The van der Waals surface area contributed by atoms with Crippen molar-refractivity contribution >= 4 is 11.8 Å². The Morgan fingerprint density at radius 1 is 1.00 bits per heavy atom. The summed E-state index contributed by atoms with van der Waals surface area (Å²) in [5.74, 6) is 4.62. The van der Waals surface area contributed by atoms with Gasteiger partial charge in [-0.25, -0.2) is 0 Å². The van der Waals surface area contributed by atoms with Crippen molar-refractivity contribution in [2.45, 2.75) is 47.0 Å². The molecule has 0 N–H and O–H groups in total. The lowest BCUT2D eigenvalue weighted by atomic mass is 9.45. The van der Waals surface area contributed by atoms with Gasteiger partial charge in [0.2, 0.25) is 0 Å². The highest BCUT2D eigenvalue weighted by Crippen LogP contribution is 2.66. The Kier molecular flexibility index (Phi) is 2.66.